The van der Waals surface area contributed by atoms with Crippen LogP contribution in [0.2, 0.25) is 0 Å². The van der Waals surface area contributed by atoms with Gasteiger partial charge in [-0.2, -0.15) is 0 Å². The zero-order valence-electron chi connectivity index (χ0n) is 12.5. The number of nitrogens with two attached hydrogens (primary N) is 1. The summed E-state index contributed by atoms with van der Waals surface area (Å²) in [7, 11) is 0. The number of amides is 1. The van der Waals surface area contributed by atoms with Gasteiger partial charge in [-0.15, -0.1) is 0 Å². The van der Waals surface area contributed by atoms with Crippen LogP contribution in [0.15, 0.2) is 0 Å². The first kappa shape index (κ1) is 14.8. The summed E-state index contributed by atoms with van der Waals surface area (Å²) in [5.41, 5.74) is 5.62. The maximum atomic E-state index is 12.6. The van der Waals surface area contributed by atoms with Crippen LogP contribution in [-0.2, 0) is 4.79 Å². The fraction of sp³-hybridized carbons (Fsp3) is 0.933. The van der Waals surface area contributed by atoms with E-state index in [0.29, 0.717) is 6.04 Å². The Hall–Kier alpha value is -0.610. The molecule has 0 saturated carbocycles. The predicted octanol–water partition coefficient (Wildman–Crippen LogP) is 1.59. The van der Waals surface area contributed by atoms with E-state index < -0.39 is 5.54 Å². The van der Waals surface area contributed by atoms with Gasteiger partial charge >= 0.3 is 0 Å². The molecule has 0 spiro atoms. The maximum Gasteiger partial charge on any atom is 0.242 e. The topological polar surface area (TPSA) is 49.6 Å². The summed E-state index contributed by atoms with van der Waals surface area (Å²) in [6.45, 7) is 8.23. The van der Waals surface area contributed by atoms with Crippen LogP contribution >= 0.6 is 0 Å². The third-order valence-electron chi connectivity index (χ3n) is 5.03. The Kier molecular flexibility index (Phi) is 4.85. The first-order valence-corrected chi connectivity index (χ1v) is 7.93. The molecule has 4 nitrogen and oxygen atoms in total. The smallest absolute Gasteiger partial charge is 0.242 e. The minimum Gasteiger partial charge on any atom is -0.340 e. The molecule has 19 heavy (non-hydrogen) atoms. The number of nitrogens with zero attached hydrogens (tertiary/aromatic N) is 2. The molecule has 0 aliphatic carbocycles. The van der Waals surface area contributed by atoms with Crippen LogP contribution in [0.25, 0.3) is 0 Å². The third-order valence-corrected chi connectivity index (χ3v) is 5.03. The van der Waals surface area contributed by atoms with Crippen molar-refractivity contribution in [3.8, 4) is 0 Å². The zero-order chi connectivity index (χ0) is 13.9. The molecular formula is C15H29N3O. The van der Waals surface area contributed by atoms with Gasteiger partial charge in [0.2, 0.25) is 5.91 Å². The molecule has 0 radical (unpaired) electrons. The standard InChI is InChI=1S/C15H29N3O/c1-3-15(16,4-2)14(19)18-11-7-8-13(12-18)17-9-5-6-10-17/h13H,3-12,16H2,1-2H3. The third kappa shape index (κ3) is 3.11. The fourth-order valence-corrected chi connectivity index (χ4v) is 3.41. The maximum absolute atomic E-state index is 12.6. The van der Waals surface area contributed by atoms with Crippen LogP contribution < -0.4 is 5.73 Å². The van der Waals surface area contributed by atoms with Crippen molar-refractivity contribution < 1.29 is 4.79 Å². The molecule has 2 aliphatic heterocycles. The SMILES string of the molecule is CCC(N)(CC)C(=O)N1CCCC(N2CCCC2)C1. The van der Waals surface area contributed by atoms with Gasteiger partial charge in [-0.05, 0) is 51.6 Å². The van der Waals surface area contributed by atoms with Gasteiger partial charge in [0.25, 0.3) is 0 Å². The van der Waals surface area contributed by atoms with E-state index in [2.05, 4.69) is 4.90 Å². The first-order valence-electron chi connectivity index (χ1n) is 7.93. The minimum atomic E-state index is -0.646. The number of carbonyl (C=O) groups is 1. The van der Waals surface area contributed by atoms with Crippen LogP contribution in [-0.4, -0.2) is 53.5 Å². The molecular weight excluding hydrogens is 238 g/mol. The summed E-state index contributed by atoms with van der Waals surface area (Å²) < 4.78 is 0. The van der Waals surface area contributed by atoms with Crippen molar-refractivity contribution in [1.29, 1.82) is 0 Å². The molecule has 2 rings (SSSR count). The number of carbonyl (C=O) groups excluding carboxylic acids is 1. The van der Waals surface area contributed by atoms with Crippen molar-refractivity contribution >= 4 is 5.91 Å². The van der Waals surface area contributed by atoms with E-state index in [-0.39, 0.29) is 5.91 Å². The number of hydrogen-bond acceptors (Lipinski definition) is 3. The lowest BCUT2D eigenvalue weighted by atomic mass is 9.91. The Morgan fingerprint density at radius 3 is 2.37 bits per heavy atom. The van der Waals surface area contributed by atoms with Crippen molar-refractivity contribution in [2.45, 2.75) is 64.0 Å². The summed E-state index contributed by atoms with van der Waals surface area (Å²) in [5.74, 6) is 0.168. The summed E-state index contributed by atoms with van der Waals surface area (Å²) in [6, 6.07) is 0.568. The largest absolute Gasteiger partial charge is 0.340 e. The minimum absolute atomic E-state index is 0.168. The zero-order valence-corrected chi connectivity index (χ0v) is 12.5. The second-order valence-corrected chi connectivity index (χ2v) is 6.15. The quantitative estimate of drug-likeness (QED) is 0.841. The summed E-state index contributed by atoms with van der Waals surface area (Å²) in [5, 5.41) is 0. The second-order valence-electron chi connectivity index (χ2n) is 6.15. The van der Waals surface area contributed by atoms with Gasteiger partial charge in [-0.1, -0.05) is 13.8 Å². The monoisotopic (exact) mass is 267 g/mol. The van der Waals surface area contributed by atoms with Crippen molar-refractivity contribution in [2.75, 3.05) is 26.2 Å². The van der Waals surface area contributed by atoms with Gasteiger partial charge in [0.1, 0.15) is 0 Å². The van der Waals surface area contributed by atoms with Gasteiger partial charge in [-0.3, -0.25) is 9.69 Å². The molecule has 2 fully saturated rings. The highest BCUT2D eigenvalue weighted by atomic mass is 16.2. The van der Waals surface area contributed by atoms with Crippen molar-refractivity contribution in [3.05, 3.63) is 0 Å². The van der Waals surface area contributed by atoms with Gasteiger partial charge in [0.15, 0.2) is 0 Å². The molecule has 0 aromatic rings. The molecule has 0 aromatic carbocycles. The van der Waals surface area contributed by atoms with E-state index in [1.807, 2.05) is 18.7 Å². The number of likely N-dealkylation sites (tertiary alicyclic amines) is 2. The highest BCUT2D eigenvalue weighted by molar-refractivity contribution is 5.86. The molecule has 1 amide bonds. The molecule has 2 aliphatic rings. The molecule has 0 bridgehead atoms. The lowest BCUT2D eigenvalue weighted by Gasteiger charge is -2.41. The van der Waals surface area contributed by atoms with E-state index in [1.54, 1.807) is 0 Å². The van der Waals surface area contributed by atoms with Crippen LogP contribution in [0.3, 0.4) is 0 Å². The normalized spacial score (nSPS) is 25.8. The van der Waals surface area contributed by atoms with Crippen LogP contribution in [0.4, 0.5) is 0 Å². The summed E-state index contributed by atoms with van der Waals surface area (Å²) >= 11 is 0. The number of rotatable bonds is 4. The Bertz CT molecular complexity index is 309. The summed E-state index contributed by atoms with van der Waals surface area (Å²) in [6.07, 6.45) is 6.45. The van der Waals surface area contributed by atoms with Gasteiger partial charge in [-0.25, -0.2) is 0 Å². The van der Waals surface area contributed by atoms with Crippen LogP contribution in [0, 0.1) is 0 Å². The van der Waals surface area contributed by atoms with E-state index in [1.165, 1.54) is 32.4 Å². The molecule has 2 heterocycles. The average Bonchev–Trinajstić information content (AvgIpc) is 3.00. The van der Waals surface area contributed by atoms with Crippen LogP contribution in [0.1, 0.15) is 52.4 Å². The van der Waals surface area contributed by atoms with E-state index in [4.69, 9.17) is 5.73 Å². The van der Waals surface area contributed by atoms with Gasteiger partial charge in [0.05, 0.1) is 5.54 Å². The molecule has 4 heteroatoms. The van der Waals surface area contributed by atoms with Crippen molar-refractivity contribution in [3.63, 3.8) is 0 Å². The lowest BCUT2D eigenvalue weighted by molar-refractivity contribution is -0.139. The highest BCUT2D eigenvalue weighted by Gasteiger charge is 2.37. The Labute approximate surface area is 117 Å². The van der Waals surface area contributed by atoms with Crippen LogP contribution in [0.5, 0.6) is 0 Å². The fourth-order valence-electron chi connectivity index (χ4n) is 3.41. The molecule has 2 saturated heterocycles. The highest BCUT2D eigenvalue weighted by Crippen LogP contribution is 2.23. The van der Waals surface area contributed by atoms with Gasteiger partial charge in [0, 0.05) is 19.1 Å². The van der Waals surface area contributed by atoms with E-state index >= 15 is 0 Å². The molecule has 0 aromatic heterocycles. The number of hydrogen-bond donors (Lipinski definition) is 1. The molecule has 110 valence electrons. The summed E-state index contributed by atoms with van der Waals surface area (Å²) in [4.78, 5) is 17.2. The number of piperidine rings is 1. The predicted molar refractivity (Wildman–Crippen MR) is 77.9 cm³/mol. The second kappa shape index (κ2) is 6.23. The van der Waals surface area contributed by atoms with Crippen molar-refractivity contribution in [1.82, 2.24) is 9.80 Å². The lowest BCUT2D eigenvalue weighted by Crippen LogP contribution is -2.58. The molecule has 2 N–H and O–H groups in total. The molecule has 1 unspecified atom stereocenters. The van der Waals surface area contributed by atoms with E-state index in [9.17, 15) is 4.79 Å². The average molecular weight is 267 g/mol. The van der Waals surface area contributed by atoms with Crippen molar-refractivity contribution in [2.24, 2.45) is 5.73 Å². The Morgan fingerprint density at radius 1 is 1.16 bits per heavy atom. The van der Waals surface area contributed by atoms with Gasteiger partial charge < -0.3 is 10.6 Å². The van der Waals surface area contributed by atoms with E-state index in [0.717, 1.165) is 32.4 Å². The first-order chi connectivity index (χ1) is 9.10. The Morgan fingerprint density at radius 2 is 1.79 bits per heavy atom. The molecule has 1 atom stereocenters. The Balaban J connectivity index is 1.98.